The maximum absolute atomic E-state index is 12.4. The lowest BCUT2D eigenvalue weighted by Gasteiger charge is -2.13. The van der Waals surface area contributed by atoms with Crippen LogP contribution in [0.15, 0.2) is 36.4 Å². The first-order chi connectivity index (χ1) is 12.0. The second kappa shape index (κ2) is 7.84. The van der Waals surface area contributed by atoms with E-state index in [0.717, 1.165) is 0 Å². The number of carbonyl (C=O) groups is 2. The molecule has 0 heterocycles. The molecule has 0 aliphatic carbocycles. The minimum Gasteiger partial charge on any atom is -0.493 e. The second-order valence-corrected chi connectivity index (χ2v) is 4.89. The number of benzene rings is 2. The molecule has 0 spiro atoms. The van der Waals surface area contributed by atoms with Crippen molar-refractivity contribution in [3.05, 3.63) is 47.5 Å². The van der Waals surface area contributed by atoms with E-state index in [2.05, 4.69) is 5.32 Å². The normalized spacial score (nSPS) is 9.68. The molecule has 0 unspecified atom stereocenters. The summed E-state index contributed by atoms with van der Waals surface area (Å²) in [6.07, 6.45) is 0. The maximum atomic E-state index is 12.4. The van der Waals surface area contributed by atoms with Crippen LogP contribution < -0.4 is 19.5 Å². The van der Waals surface area contributed by atoms with Crippen LogP contribution in [0.25, 0.3) is 0 Å². The Balaban J connectivity index is 2.26. The molecule has 128 valence electrons. The predicted octanol–water partition coefficient (Wildman–Crippen LogP) is 2.41. The minimum atomic E-state index is -0.820. The van der Waals surface area contributed by atoms with Crippen LogP contribution in [-0.4, -0.2) is 33.0 Å². The van der Waals surface area contributed by atoms with E-state index < -0.39 is 11.7 Å². The summed E-state index contributed by atoms with van der Waals surface area (Å²) in [6.45, 7) is 0. The third kappa shape index (κ3) is 3.87. The second-order valence-electron chi connectivity index (χ2n) is 4.89. The predicted molar refractivity (Wildman–Crippen MR) is 90.2 cm³/mol. The molecular formula is C18H16N2O5. The van der Waals surface area contributed by atoms with Gasteiger partial charge in [-0.25, -0.2) is 0 Å². The monoisotopic (exact) mass is 340 g/mol. The van der Waals surface area contributed by atoms with Crippen LogP contribution in [0.3, 0.4) is 0 Å². The lowest BCUT2D eigenvalue weighted by atomic mass is 10.1. The highest BCUT2D eigenvalue weighted by Gasteiger charge is 2.21. The summed E-state index contributed by atoms with van der Waals surface area (Å²) in [4.78, 5) is 24.6. The molecule has 2 aromatic rings. The van der Waals surface area contributed by atoms with Crippen LogP contribution in [0.5, 0.6) is 17.2 Å². The Hall–Kier alpha value is -3.53. The highest BCUT2D eigenvalue weighted by Crippen LogP contribution is 2.38. The lowest BCUT2D eigenvalue weighted by molar-refractivity contribution is -0.112. The van der Waals surface area contributed by atoms with E-state index in [0.29, 0.717) is 17.0 Å². The zero-order chi connectivity index (χ0) is 18.4. The van der Waals surface area contributed by atoms with Gasteiger partial charge in [-0.2, -0.15) is 5.26 Å². The van der Waals surface area contributed by atoms with Crippen LogP contribution in [0.4, 0.5) is 5.69 Å². The number of nitrogens with zero attached hydrogens (tertiary/aromatic N) is 1. The smallest absolute Gasteiger partial charge is 0.296 e. The van der Waals surface area contributed by atoms with Crippen LogP contribution in [-0.2, 0) is 4.79 Å². The number of nitrogens with one attached hydrogen (secondary N) is 1. The molecule has 0 saturated heterocycles. The number of hydrogen-bond donors (Lipinski definition) is 1. The van der Waals surface area contributed by atoms with Gasteiger partial charge >= 0.3 is 0 Å². The molecule has 1 N–H and O–H groups in total. The largest absolute Gasteiger partial charge is 0.493 e. The molecule has 0 aliphatic heterocycles. The summed E-state index contributed by atoms with van der Waals surface area (Å²) in [5.41, 5.74) is 0.958. The first kappa shape index (κ1) is 17.8. The number of amides is 1. The highest BCUT2D eigenvalue weighted by atomic mass is 16.5. The van der Waals surface area contributed by atoms with Gasteiger partial charge in [0, 0.05) is 11.3 Å². The Bertz CT molecular complexity index is 813. The van der Waals surface area contributed by atoms with Gasteiger partial charge < -0.3 is 19.5 Å². The third-order valence-corrected chi connectivity index (χ3v) is 3.41. The Labute approximate surface area is 144 Å². The van der Waals surface area contributed by atoms with Gasteiger partial charge in [0.2, 0.25) is 5.75 Å². The van der Waals surface area contributed by atoms with Crippen molar-refractivity contribution in [2.75, 3.05) is 26.6 Å². The summed E-state index contributed by atoms with van der Waals surface area (Å²) in [6, 6.07) is 10.9. The summed E-state index contributed by atoms with van der Waals surface area (Å²) >= 11 is 0. The number of methoxy groups -OCH3 is 3. The van der Waals surface area contributed by atoms with Gasteiger partial charge in [-0.3, -0.25) is 9.59 Å². The summed E-state index contributed by atoms with van der Waals surface area (Å²) in [5, 5.41) is 11.2. The van der Waals surface area contributed by atoms with Gasteiger partial charge in [-0.05, 0) is 36.4 Å². The molecule has 7 heteroatoms. The van der Waals surface area contributed by atoms with Crippen molar-refractivity contribution >= 4 is 17.4 Å². The lowest BCUT2D eigenvalue weighted by Crippen LogP contribution is -2.23. The number of ketones is 1. The zero-order valence-corrected chi connectivity index (χ0v) is 14.0. The standard InChI is InChI=1S/C18H16N2O5/c1-23-14-8-12(9-15(24-2)17(14)25-3)16(21)18(22)20-13-6-4-11(10-19)5-7-13/h4-9H,1-3H3,(H,20,22). The zero-order valence-electron chi connectivity index (χ0n) is 14.0. The third-order valence-electron chi connectivity index (χ3n) is 3.41. The first-order valence-corrected chi connectivity index (χ1v) is 7.20. The summed E-state index contributed by atoms with van der Waals surface area (Å²) in [5.74, 6) is -0.704. The van der Waals surface area contributed by atoms with E-state index in [1.165, 1.54) is 33.5 Å². The van der Waals surface area contributed by atoms with Gasteiger partial charge in [0.1, 0.15) is 0 Å². The number of anilines is 1. The van der Waals surface area contributed by atoms with Crippen molar-refractivity contribution in [3.63, 3.8) is 0 Å². The maximum Gasteiger partial charge on any atom is 0.296 e. The Kier molecular flexibility index (Phi) is 5.58. The van der Waals surface area contributed by atoms with Gasteiger partial charge in [0.15, 0.2) is 11.5 Å². The molecule has 0 aliphatic rings. The fourth-order valence-corrected chi connectivity index (χ4v) is 2.16. The molecule has 25 heavy (non-hydrogen) atoms. The number of nitriles is 1. The van der Waals surface area contributed by atoms with Gasteiger partial charge in [-0.15, -0.1) is 0 Å². The molecule has 2 aromatic carbocycles. The van der Waals surface area contributed by atoms with Crippen LogP contribution in [0, 0.1) is 11.3 Å². The Morgan fingerprint density at radius 1 is 0.960 bits per heavy atom. The molecule has 0 bridgehead atoms. The van der Waals surface area contributed by atoms with Crippen molar-refractivity contribution in [2.24, 2.45) is 0 Å². The molecule has 0 fully saturated rings. The van der Waals surface area contributed by atoms with Gasteiger partial charge in [0.05, 0.1) is 33.0 Å². The average Bonchev–Trinajstić information content (AvgIpc) is 2.66. The Morgan fingerprint density at radius 2 is 1.52 bits per heavy atom. The van der Waals surface area contributed by atoms with E-state index in [4.69, 9.17) is 19.5 Å². The topological polar surface area (TPSA) is 97.7 Å². The molecule has 0 radical (unpaired) electrons. The van der Waals surface area contributed by atoms with Crippen molar-refractivity contribution in [1.29, 1.82) is 5.26 Å². The molecule has 2 rings (SSSR count). The van der Waals surface area contributed by atoms with Crippen molar-refractivity contribution in [2.45, 2.75) is 0 Å². The van der Waals surface area contributed by atoms with E-state index in [9.17, 15) is 9.59 Å². The van der Waals surface area contributed by atoms with E-state index >= 15 is 0 Å². The van der Waals surface area contributed by atoms with E-state index in [1.54, 1.807) is 24.3 Å². The van der Waals surface area contributed by atoms with Crippen LogP contribution in [0.2, 0.25) is 0 Å². The highest BCUT2D eigenvalue weighted by molar-refractivity contribution is 6.46. The quantitative estimate of drug-likeness (QED) is 0.640. The molecule has 0 aromatic heterocycles. The number of hydrogen-bond acceptors (Lipinski definition) is 6. The number of rotatable bonds is 6. The van der Waals surface area contributed by atoms with E-state index in [1.807, 2.05) is 6.07 Å². The number of ether oxygens (including phenoxy) is 3. The molecule has 0 atom stereocenters. The average molecular weight is 340 g/mol. The first-order valence-electron chi connectivity index (χ1n) is 7.20. The number of carbonyl (C=O) groups excluding carboxylic acids is 2. The SMILES string of the molecule is COc1cc(C(=O)C(=O)Nc2ccc(C#N)cc2)cc(OC)c1OC. The van der Waals surface area contributed by atoms with Gasteiger partial charge in [0.25, 0.3) is 11.7 Å². The minimum absolute atomic E-state index is 0.0978. The van der Waals surface area contributed by atoms with E-state index in [-0.39, 0.29) is 17.1 Å². The molecule has 1 amide bonds. The van der Waals surface area contributed by atoms with Crippen molar-refractivity contribution < 1.29 is 23.8 Å². The Morgan fingerprint density at radius 3 is 1.96 bits per heavy atom. The summed E-state index contributed by atoms with van der Waals surface area (Å²) < 4.78 is 15.5. The molecule has 0 saturated carbocycles. The van der Waals surface area contributed by atoms with Crippen LogP contribution in [0.1, 0.15) is 15.9 Å². The number of Topliss-reactive ketones (excluding diaryl/α,β-unsaturated/α-hetero) is 1. The van der Waals surface area contributed by atoms with Gasteiger partial charge in [-0.1, -0.05) is 0 Å². The van der Waals surface area contributed by atoms with Crippen LogP contribution >= 0.6 is 0 Å². The van der Waals surface area contributed by atoms with Crippen molar-refractivity contribution in [3.8, 4) is 23.3 Å². The fourth-order valence-electron chi connectivity index (χ4n) is 2.16. The van der Waals surface area contributed by atoms with Crippen molar-refractivity contribution in [1.82, 2.24) is 0 Å². The fraction of sp³-hybridized carbons (Fsp3) is 0.167. The molecule has 7 nitrogen and oxygen atoms in total. The molecular weight excluding hydrogens is 324 g/mol. The summed E-state index contributed by atoms with van der Waals surface area (Å²) in [7, 11) is 4.28.